The second-order valence-electron chi connectivity index (χ2n) is 37.0. The lowest BCUT2D eigenvalue weighted by molar-refractivity contribution is -0.668. The number of halogens is 2. The maximum Gasteiger partial charge on any atom is 0.296 e. The predicted octanol–water partition coefficient (Wildman–Crippen LogP) is 26.3. The second kappa shape index (κ2) is 41.5. The quantitative estimate of drug-likeness (QED) is 0.113. The van der Waals surface area contributed by atoms with E-state index in [4.69, 9.17) is 4.98 Å². The van der Waals surface area contributed by atoms with Crippen LogP contribution in [0.2, 0.25) is 0 Å². The van der Waals surface area contributed by atoms with Crippen molar-refractivity contribution in [1.29, 1.82) is 0 Å². The molecule has 12 nitrogen and oxygen atoms in total. The molecule has 0 spiro atoms. The molecular formula is C119H134F2N12+6. The maximum absolute atomic E-state index is 13.9. The predicted molar refractivity (Wildman–Crippen MR) is 547 cm³/mol. The third-order valence-electron chi connectivity index (χ3n) is 27.2. The molecule has 0 fully saturated rings. The van der Waals surface area contributed by atoms with Crippen LogP contribution in [-0.4, -0.2) is 29.9 Å². The van der Waals surface area contributed by atoms with E-state index in [2.05, 4.69) is 361 Å². The Kier molecular flexibility index (Phi) is 30.3. The molecule has 18 aromatic rings. The van der Waals surface area contributed by atoms with Gasteiger partial charge in [-0.3, -0.25) is 0 Å². The Balaban J connectivity index is 0.000000136. The number of benzene rings is 12. The molecule has 0 radical (unpaired) electrons. The molecule has 18 rings (SSSR count). The van der Waals surface area contributed by atoms with Crippen LogP contribution in [0.15, 0.2) is 226 Å². The van der Waals surface area contributed by atoms with Gasteiger partial charge in [-0.15, -0.1) is 0 Å². The third-order valence-corrected chi connectivity index (χ3v) is 27.2. The minimum atomic E-state index is -0.154. The highest BCUT2D eigenvalue weighted by Gasteiger charge is 2.27. The Morgan fingerprint density at radius 3 is 1.04 bits per heavy atom. The van der Waals surface area contributed by atoms with Crippen LogP contribution in [0.5, 0.6) is 0 Å². The highest BCUT2D eigenvalue weighted by Crippen LogP contribution is 2.39. The molecular weight excluding hydrogens is 1640 g/mol. The number of para-hydroxylation sites is 3. The number of nitrogens with zero attached hydrogens (tertiary/aromatic N) is 12. The molecule has 0 saturated heterocycles. The summed E-state index contributed by atoms with van der Waals surface area (Å²) in [5.74, 6) is 1.85. The van der Waals surface area contributed by atoms with Crippen molar-refractivity contribution in [1.82, 2.24) is 29.9 Å². The van der Waals surface area contributed by atoms with Gasteiger partial charge in [-0.25, -0.2) is 36.2 Å². The topological polar surface area (TPSA) is 101 Å². The molecule has 12 aromatic carbocycles. The van der Waals surface area contributed by atoms with Crippen LogP contribution in [0.25, 0.3) is 133 Å². The van der Waals surface area contributed by atoms with Crippen molar-refractivity contribution in [3.05, 3.63) is 354 Å². The summed E-state index contributed by atoms with van der Waals surface area (Å²) in [6.07, 6.45) is 13.9. The van der Waals surface area contributed by atoms with Crippen molar-refractivity contribution in [3.8, 4) is 67.5 Å². The fourth-order valence-electron chi connectivity index (χ4n) is 19.1. The van der Waals surface area contributed by atoms with Crippen molar-refractivity contribution in [2.75, 3.05) is 0 Å². The Morgan fingerprint density at radius 1 is 0.248 bits per heavy atom. The van der Waals surface area contributed by atoms with E-state index in [-0.39, 0.29) is 11.6 Å². The third kappa shape index (κ3) is 20.8. The van der Waals surface area contributed by atoms with Crippen molar-refractivity contribution in [3.63, 3.8) is 0 Å². The molecule has 0 aliphatic heterocycles. The van der Waals surface area contributed by atoms with Gasteiger partial charge in [0.15, 0.2) is 33.1 Å². The van der Waals surface area contributed by atoms with E-state index < -0.39 is 0 Å². The number of aromatic nitrogens is 12. The molecule has 0 aliphatic carbocycles. The van der Waals surface area contributed by atoms with Gasteiger partial charge in [-0.1, -0.05) is 129 Å². The van der Waals surface area contributed by atoms with Crippen LogP contribution in [0.1, 0.15) is 182 Å². The van der Waals surface area contributed by atoms with Crippen molar-refractivity contribution in [2.24, 2.45) is 42.3 Å². The molecule has 678 valence electrons. The molecule has 0 bridgehead atoms. The van der Waals surface area contributed by atoms with Gasteiger partial charge >= 0.3 is 0 Å². The first-order valence-electron chi connectivity index (χ1n) is 46.9. The zero-order chi connectivity index (χ0) is 96.0. The molecule has 0 atom stereocenters. The SMILES string of the molecule is CCC(CC)c1ccc2c(-c3cc(C)c(F)cc3C)[n+](C)cnc2c1.CCC(CC)c1ccc2nc[n+](C)c(-c3cc(C)c(F)cc3C)c2c1.Cc1cc(C)c(C)c(-c2c3ccc(C)cc3nc[n+]2C)c1.Cc1cc(C)c(C)c(-c2c3cccc(C)c3nc[n+]2C)c1.Cc1cc(C)c(C)c(-c2c3ccccc3nc(C)[n+]2C)c1.Cc1cc(C)c(C)c(-c2c3ccccc3nc[n+]2C)c1. The molecule has 6 heterocycles. The minimum Gasteiger partial charge on any atom is -0.232 e. The van der Waals surface area contributed by atoms with Gasteiger partial charge in [0.05, 0.1) is 74.6 Å². The Morgan fingerprint density at radius 2 is 0.586 bits per heavy atom. The van der Waals surface area contributed by atoms with Crippen LogP contribution in [0, 0.1) is 143 Å². The van der Waals surface area contributed by atoms with Crippen LogP contribution < -0.4 is 27.4 Å². The van der Waals surface area contributed by atoms with Gasteiger partial charge < -0.3 is 0 Å². The van der Waals surface area contributed by atoms with E-state index in [9.17, 15) is 8.78 Å². The minimum absolute atomic E-state index is 0.153. The molecule has 0 amide bonds. The zero-order valence-electron chi connectivity index (χ0n) is 84.0. The van der Waals surface area contributed by atoms with Gasteiger partial charge in [-0.05, 0) is 391 Å². The van der Waals surface area contributed by atoms with E-state index in [0.29, 0.717) is 23.0 Å². The largest absolute Gasteiger partial charge is 0.296 e. The number of aryl methyl sites for hydroxylation is 20. The van der Waals surface area contributed by atoms with Gasteiger partial charge in [0.1, 0.15) is 45.8 Å². The first-order chi connectivity index (χ1) is 63.4. The number of rotatable bonds is 12. The normalized spacial score (nSPS) is 11.2. The van der Waals surface area contributed by atoms with Crippen molar-refractivity contribution in [2.45, 2.75) is 197 Å². The van der Waals surface area contributed by atoms with Gasteiger partial charge in [0, 0.05) is 45.9 Å². The summed E-state index contributed by atoms with van der Waals surface area (Å²) in [7, 11) is 12.3. The Bertz CT molecular complexity index is 7480. The fourth-order valence-corrected chi connectivity index (χ4v) is 19.1. The van der Waals surface area contributed by atoms with Crippen molar-refractivity contribution < 1.29 is 36.2 Å². The molecule has 6 aromatic heterocycles. The highest BCUT2D eigenvalue weighted by atomic mass is 19.1. The van der Waals surface area contributed by atoms with E-state index in [1.807, 2.05) is 107 Å². The van der Waals surface area contributed by atoms with E-state index in [0.717, 1.165) is 109 Å². The second-order valence-corrected chi connectivity index (χ2v) is 37.0. The highest BCUT2D eigenvalue weighted by molar-refractivity contribution is 5.97. The number of hydrogen-bond donors (Lipinski definition) is 0. The molecule has 133 heavy (non-hydrogen) atoms. The lowest BCUT2D eigenvalue weighted by Gasteiger charge is -2.15. The molecule has 0 unspecified atom stereocenters. The van der Waals surface area contributed by atoms with Gasteiger partial charge in [-0.2, -0.15) is 0 Å². The van der Waals surface area contributed by atoms with E-state index in [1.54, 1.807) is 12.1 Å². The monoisotopic (exact) mass is 1770 g/mol. The maximum atomic E-state index is 13.9. The average molecular weight is 1770 g/mol. The van der Waals surface area contributed by atoms with Gasteiger partial charge in [0.2, 0.25) is 0 Å². The molecule has 0 aliphatic rings. The smallest absolute Gasteiger partial charge is 0.232 e. The van der Waals surface area contributed by atoms with Crippen LogP contribution in [0.3, 0.4) is 0 Å². The molecule has 0 N–H and O–H groups in total. The van der Waals surface area contributed by atoms with Gasteiger partial charge in [0.25, 0.3) is 37.5 Å². The lowest BCUT2D eigenvalue weighted by atomic mass is 9.91. The summed E-state index contributed by atoms with van der Waals surface area (Å²) in [4.78, 5) is 27.6. The summed E-state index contributed by atoms with van der Waals surface area (Å²) < 4.78 is 40.5. The summed E-state index contributed by atoms with van der Waals surface area (Å²) >= 11 is 0. The summed E-state index contributed by atoms with van der Waals surface area (Å²) in [5, 5.41) is 7.06. The lowest BCUT2D eigenvalue weighted by Crippen LogP contribution is -2.36. The first kappa shape index (κ1) is 97.1. The Labute approximate surface area is 787 Å². The van der Waals surface area contributed by atoms with Crippen molar-refractivity contribution >= 4 is 65.4 Å². The summed E-state index contributed by atoms with van der Waals surface area (Å²) in [5.41, 5.74) is 44.9. The summed E-state index contributed by atoms with van der Waals surface area (Å²) in [6, 6.07) is 68.0. The molecule has 0 saturated carbocycles. The first-order valence-corrected chi connectivity index (χ1v) is 46.9. The van der Waals surface area contributed by atoms with E-state index >= 15 is 0 Å². The van der Waals surface area contributed by atoms with Crippen LogP contribution in [0.4, 0.5) is 8.78 Å². The average Bonchev–Trinajstić information content (AvgIpc) is 0.743. The Hall–Kier alpha value is -13.5. The van der Waals surface area contributed by atoms with Crippen LogP contribution >= 0.6 is 0 Å². The van der Waals surface area contributed by atoms with Crippen LogP contribution in [-0.2, 0) is 42.3 Å². The number of hydrogen-bond acceptors (Lipinski definition) is 6. The number of fused-ring (bicyclic) bond motifs is 6. The van der Waals surface area contributed by atoms with E-state index in [1.165, 1.54) is 156 Å². The molecule has 14 heteroatoms. The fraction of sp³-hybridized carbons (Fsp3) is 0.294. The summed E-state index contributed by atoms with van der Waals surface area (Å²) in [6.45, 7) is 48.9. The standard InChI is InChI=1S/2C22H26FN2.3C19H21N2.C18H19N2/c1-6-16(7-2)17-8-9-21-19(12-17)22(25(5)13-24-21)18-10-15(4)20(23)11-14(18)3;1-6-16(7-2)17-8-9-18-21(12-17)24-13-25(5)22(18)19-10-15(4)20(23)11-14(19)3;1-12-6-7-16-18(10-12)20-11-21(5)19(16)17-9-13(2)8-14(3)15(17)4;1-12-9-14(3)15(4)17(10-12)19-16-8-6-7-13(2)18(16)20-11-21(19)5;1-12-10-13(2)14(3)17(11-12)19-16-8-6-7-9-18(16)20-15(4)21(19)5;1-12-9-13(2)14(3)16(10-12)18-15-7-5-6-8-17(15)19-11-20(18)4/h2*8-13,16H,6-7H2,1-5H3;3*6-11H,1-5H3;5-11H,1-4H3/q6*+1. The zero-order valence-corrected chi connectivity index (χ0v) is 84.0.